The van der Waals surface area contributed by atoms with Gasteiger partial charge in [-0.2, -0.15) is 4.98 Å². The van der Waals surface area contributed by atoms with Crippen molar-refractivity contribution in [3.63, 3.8) is 0 Å². The molecule has 0 saturated carbocycles. The van der Waals surface area contributed by atoms with Crippen molar-refractivity contribution in [3.8, 4) is 17.7 Å². The maximum atomic E-state index is 12.6. The summed E-state index contributed by atoms with van der Waals surface area (Å²) < 4.78 is 12.7. The summed E-state index contributed by atoms with van der Waals surface area (Å²) >= 11 is 0. The van der Waals surface area contributed by atoms with Crippen LogP contribution in [0.3, 0.4) is 0 Å². The normalized spacial score (nSPS) is 11.7. The van der Waals surface area contributed by atoms with E-state index in [9.17, 15) is 9.59 Å². The Morgan fingerprint density at radius 2 is 1.98 bits per heavy atom. The molecule has 0 aliphatic heterocycles. The van der Waals surface area contributed by atoms with Crippen LogP contribution in [-0.4, -0.2) is 102 Å². The number of likely N-dealkylation sites (N-methyl/N-ethyl adjacent to an activating group) is 2. The van der Waals surface area contributed by atoms with Gasteiger partial charge in [0.2, 0.25) is 23.6 Å². The second kappa shape index (κ2) is 18.3. The number of hydrogen-bond donors (Lipinski definition) is 3. The number of anilines is 3. The van der Waals surface area contributed by atoms with Crippen LogP contribution < -0.4 is 20.7 Å². The molecule has 2 amide bonds. The Morgan fingerprint density at radius 1 is 1.17 bits per heavy atom. The van der Waals surface area contributed by atoms with E-state index in [0.29, 0.717) is 62.5 Å². The highest BCUT2D eigenvalue weighted by atomic mass is 16.5. The molecule has 1 atom stereocenters. The van der Waals surface area contributed by atoms with Gasteiger partial charge in [0, 0.05) is 51.5 Å². The van der Waals surface area contributed by atoms with Crippen molar-refractivity contribution < 1.29 is 19.1 Å². The third kappa shape index (κ3) is 10.5. The average molecular weight is 634 g/mol. The molecule has 0 aliphatic carbocycles. The Morgan fingerprint density at radius 3 is 2.70 bits per heavy atom. The third-order valence-corrected chi connectivity index (χ3v) is 6.96. The Hall–Kier alpha value is -4.67. The average Bonchev–Trinajstić information content (AvgIpc) is 3.40. The van der Waals surface area contributed by atoms with Gasteiger partial charge in [-0.25, -0.2) is 9.67 Å². The molecule has 3 rings (SSSR count). The van der Waals surface area contributed by atoms with Crippen LogP contribution in [0.15, 0.2) is 36.5 Å². The summed E-state index contributed by atoms with van der Waals surface area (Å²) in [6, 6.07) is 5.24. The minimum Gasteiger partial charge on any atom is -0.479 e. The highest BCUT2D eigenvalue weighted by Crippen LogP contribution is 2.28. The van der Waals surface area contributed by atoms with E-state index in [0.717, 1.165) is 29.6 Å². The molecule has 248 valence electrons. The topological polar surface area (TPSA) is 139 Å². The predicted molar refractivity (Wildman–Crippen MR) is 181 cm³/mol. The molecule has 46 heavy (non-hydrogen) atoms. The highest BCUT2D eigenvalue weighted by Gasteiger charge is 2.20. The lowest BCUT2D eigenvalue weighted by Gasteiger charge is -2.23. The third-order valence-electron chi connectivity index (χ3n) is 6.96. The molecular formula is C33H47N9O4. The van der Waals surface area contributed by atoms with Gasteiger partial charge in [-0.1, -0.05) is 24.8 Å². The Bertz CT molecular complexity index is 1540. The van der Waals surface area contributed by atoms with Crippen molar-refractivity contribution in [2.75, 3.05) is 65.1 Å². The first-order valence-electron chi connectivity index (χ1n) is 15.5. The fraction of sp³-hybridized carbons (Fsp3) is 0.485. The standard InChI is InChI=1S/C33H47N9O4/c1-8-18-34-30-25(14-11-10-12-19-35-31(44)24(3)41(6)29(43)15-13-20-40(4)5)22-36-33(38-30)37-26-16-17-27-28(21-26)42(23-46-9-2)39-32(27)45-7/h13,15-17,21-22,24H,8-10,12,18-20,23H2,1-7H3,(H,35,44)(H2,34,36,37,38)/t24-/m0/s1. The SMILES string of the molecule is CCCNc1nc(Nc2ccc3c(OC)nn(COCC)c3c2)ncc1C#CCCCNC(=O)[C@H](C)N(C)C(=O)C=CCN(C)C. The molecule has 2 aromatic heterocycles. The van der Waals surface area contributed by atoms with E-state index < -0.39 is 6.04 Å². The van der Waals surface area contributed by atoms with Gasteiger partial charge >= 0.3 is 0 Å². The van der Waals surface area contributed by atoms with Gasteiger partial charge in [-0.3, -0.25) is 9.59 Å². The van der Waals surface area contributed by atoms with Crippen LogP contribution in [-0.2, 0) is 21.1 Å². The molecule has 0 unspecified atom stereocenters. The number of nitrogens with zero attached hydrogens (tertiary/aromatic N) is 6. The monoisotopic (exact) mass is 633 g/mol. The van der Waals surface area contributed by atoms with E-state index in [1.165, 1.54) is 11.0 Å². The summed E-state index contributed by atoms with van der Waals surface area (Å²) in [7, 11) is 7.07. The number of carbonyl (C=O) groups excluding carboxylic acids is 2. The zero-order chi connectivity index (χ0) is 33.5. The predicted octanol–water partition coefficient (Wildman–Crippen LogP) is 3.61. The van der Waals surface area contributed by atoms with E-state index in [1.807, 2.05) is 44.1 Å². The number of amides is 2. The number of rotatable bonds is 17. The summed E-state index contributed by atoms with van der Waals surface area (Å²) in [5.41, 5.74) is 2.34. The van der Waals surface area contributed by atoms with Gasteiger partial charge in [0.15, 0.2) is 0 Å². The number of hydrogen-bond acceptors (Lipinski definition) is 10. The lowest BCUT2D eigenvalue weighted by Crippen LogP contribution is -2.45. The first kappa shape index (κ1) is 35.8. The maximum Gasteiger partial charge on any atom is 0.246 e. The molecule has 13 nitrogen and oxygen atoms in total. The first-order chi connectivity index (χ1) is 22.2. The fourth-order valence-electron chi connectivity index (χ4n) is 4.23. The molecule has 0 bridgehead atoms. The van der Waals surface area contributed by atoms with Gasteiger partial charge in [0.05, 0.1) is 29.8 Å². The van der Waals surface area contributed by atoms with E-state index in [1.54, 1.807) is 38.0 Å². The van der Waals surface area contributed by atoms with Crippen LogP contribution >= 0.6 is 0 Å². The summed E-state index contributed by atoms with van der Waals surface area (Å²) in [6.07, 6.45) is 7.13. The molecule has 13 heteroatoms. The van der Waals surface area contributed by atoms with Crippen molar-refractivity contribution in [1.29, 1.82) is 0 Å². The summed E-state index contributed by atoms with van der Waals surface area (Å²) in [4.78, 5) is 37.4. The van der Waals surface area contributed by atoms with Crippen molar-refractivity contribution >= 4 is 40.2 Å². The van der Waals surface area contributed by atoms with E-state index in [2.05, 4.69) is 44.8 Å². The smallest absolute Gasteiger partial charge is 0.246 e. The summed E-state index contributed by atoms with van der Waals surface area (Å²) in [5.74, 6) is 7.52. The molecule has 0 saturated heterocycles. The highest BCUT2D eigenvalue weighted by molar-refractivity contribution is 5.92. The minimum atomic E-state index is -0.582. The Kier molecular flexibility index (Phi) is 14.3. The van der Waals surface area contributed by atoms with Crippen LogP contribution in [0.25, 0.3) is 10.9 Å². The number of benzene rings is 1. The van der Waals surface area contributed by atoms with Crippen LogP contribution in [0, 0.1) is 11.8 Å². The molecular weight excluding hydrogens is 586 g/mol. The fourth-order valence-corrected chi connectivity index (χ4v) is 4.23. The number of aromatic nitrogens is 4. The number of unbranched alkanes of at least 4 members (excludes halogenated alkanes) is 1. The second-order valence-electron chi connectivity index (χ2n) is 10.9. The van der Waals surface area contributed by atoms with Gasteiger partial charge in [0.25, 0.3) is 0 Å². The Labute approximate surface area is 271 Å². The lowest BCUT2D eigenvalue weighted by molar-refractivity contribution is -0.135. The molecule has 3 N–H and O–H groups in total. The van der Waals surface area contributed by atoms with Crippen LogP contribution in [0.2, 0.25) is 0 Å². The molecule has 2 heterocycles. The molecule has 3 aromatic rings. The van der Waals surface area contributed by atoms with E-state index in [-0.39, 0.29) is 11.8 Å². The van der Waals surface area contributed by atoms with E-state index in [4.69, 9.17) is 14.5 Å². The van der Waals surface area contributed by atoms with Crippen LogP contribution in [0.5, 0.6) is 5.88 Å². The molecule has 0 aliphatic rings. The van der Waals surface area contributed by atoms with Crippen molar-refractivity contribution in [1.82, 2.24) is 34.9 Å². The molecule has 1 aromatic carbocycles. The van der Waals surface area contributed by atoms with Gasteiger partial charge in [0.1, 0.15) is 18.6 Å². The van der Waals surface area contributed by atoms with Gasteiger partial charge < -0.3 is 35.2 Å². The lowest BCUT2D eigenvalue weighted by atomic mass is 10.2. The van der Waals surface area contributed by atoms with Crippen molar-refractivity contribution in [2.45, 2.75) is 52.8 Å². The largest absolute Gasteiger partial charge is 0.479 e. The maximum absolute atomic E-state index is 12.6. The quantitative estimate of drug-likeness (QED) is 0.115. The number of fused-ring (bicyclic) bond motifs is 1. The van der Waals surface area contributed by atoms with Crippen LogP contribution in [0.1, 0.15) is 45.6 Å². The number of ether oxygens (including phenoxy) is 2. The second-order valence-corrected chi connectivity index (χ2v) is 10.9. The zero-order valence-corrected chi connectivity index (χ0v) is 28.0. The molecule has 0 radical (unpaired) electrons. The molecule has 0 fully saturated rings. The van der Waals surface area contributed by atoms with E-state index >= 15 is 0 Å². The summed E-state index contributed by atoms with van der Waals surface area (Å²) in [6.45, 7) is 8.46. The van der Waals surface area contributed by atoms with Gasteiger partial charge in [-0.15, -0.1) is 5.10 Å². The van der Waals surface area contributed by atoms with Gasteiger partial charge in [-0.05, 0) is 59.0 Å². The number of nitrogens with one attached hydrogen (secondary N) is 3. The first-order valence-corrected chi connectivity index (χ1v) is 15.5. The molecule has 0 spiro atoms. The minimum absolute atomic E-state index is 0.204. The zero-order valence-electron chi connectivity index (χ0n) is 28.0. The number of methoxy groups -OCH3 is 1. The summed E-state index contributed by atoms with van der Waals surface area (Å²) in [5, 5.41) is 14.9. The number of carbonyl (C=O) groups is 2. The Balaban J connectivity index is 1.59. The van der Waals surface area contributed by atoms with Crippen LogP contribution in [0.4, 0.5) is 17.5 Å². The van der Waals surface area contributed by atoms with Crippen molar-refractivity contribution in [3.05, 3.63) is 42.1 Å². The van der Waals surface area contributed by atoms with Crippen molar-refractivity contribution in [2.24, 2.45) is 0 Å².